The molecule has 0 aromatic heterocycles. The van der Waals surface area contributed by atoms with E-state index in [0.29, 0.717) is 0 Å². The summed E-state index contributed by atoms with van der Waals surface area (Å²) in [5.74, 6) is 0. The van der Waals surface area contributed by atoms with Gasteiger partial charge in [-0.05, 0) is 13.3 Å². The van der Waals surface area contributed by atoms with Crippen LogP contribution in [0.25, 0.3) is 0 Å². The predicted molar refractivity (Wildman–Crippen MR) is 79.7 cm³/mol. The van der Waals surface area contributed by atoms with Gasteiger partial charge in [-0.1, -0.05) is 58.3 Å². The molecule has 0 bridgehead atoms. The molecule has 0 N–H and O–H groups in total. The van der Waals surface area contributed by atoms with Gasteiger partial charge in [-0.15, -0.1) is 12.4 Å². The number of nitrogens with zero attached hydrogens (tertiary/aromatic N) is 2. The first-order chi connectivity index (χ1) is 7.91. The first-order valence-electron chi connectivity index (χ1n) is 6.99. The summed E-state index contributed by atoms with van der Waals surface area (Å²) in [5.41, 5.74) is 0. The molecular weight excluding hydrogens is 232 g/mol. The Morgan fingerprint density at radius 3 is 1.76 bits per heavy atom. The highest BCUT2D eigenvalue weighted by molar-refractivity contribution is 5.85. The van der Waals surface area contributed by atoms with Crippen molar-refractivity contribution in [3.05, 3.63) is 0 Å². The van der Waals surface area contributed by atoms with E-state index in [0.717, 1.165) is 13.1 Å². The van der Waals surface area contributed by atoms with Gasteiger partial charge in [0.2, 0.25) is 0 Å². The second kappa shape index (κ2) is 18.0. The zero-order chi connectivity index (χ0) is 11.9. The molecule has 0 aromatic rings. The quantitative estimate of drug-likeness (QED) is 0.363. The fourth-order valence-electron chi connectivity index (χ4n) is 1.67. The molecule has 0 atom stereocenters. The Morgan fingerprint density at radius 2 is 1.24 bits per heavy atom. The van der Waals surface area contributed by atoms with E-state index in [-0.39, 0.29) is 12.4 Å². The molecule has 17 heavy (non-hydrogen) atoms. The van der Waals surface area contributed by atoms with Crippen molar-refractivity contribution < 1.29 is 0 Å². The van der Waals surface area contributed by atoms with Gasteiger partial charge < -0.3 is 0 Å². The molecule has 0 aromatic carbocycles. The van der Waals surface area contributed by atoms with Crippen LogP contribution in [0.5, 0.6) is 0 Å². The average molecular weight is 261 g/mol. The lowest BCUT2D eigenvalue weighted by atomic mass is 10.1. The molecule has 0 amide bonds. The van der Waals surface area contributed by atoms with Gasteiger partial charge in [-0.25, -0.2) is 9.98 Å². The van der Waals surface area contributed by atoms with Gasteiger partial charge in [-0.3, -0.25) is 0 Å². The molecule has 0 saturated heterocycles. The van der Waals surface area contributed by atoms with Crippen molar-refractivity contribution in [3.63, 3.8) is 0 Å². The molecule has 2 nitrogen and oxygen atoms in total. The summed E-state index contributed by atoms with van der Waals surface area (Å²) >= 11 is 0. The van der Waals surface area contributed by atoms with Gasteiger partial charge in [0.1, 0.15) is 0 Å². The van der Waals surface area contributed by atoms with Crippen LogP contribution in [-0.4, -0.2) is 19.1 Å². The molecule has 0 saturated carbocycles. The summed E-state index contributed by atoms with van der Waals surface area (Å²) in [6.07, 6.45) is 12.3. The number of hydrogen-bond donors (Lipinski definition) is 0. The van der Waals surface area contributed by atoms with Crippen molar-refractivity contribution in [2.24, 2.45) is 9.98 Å². The number of hydrogen-bond acceptors (Lipinski definition) is 2. The van der Waals surface area contributed by atoms with Crippen molar-refractivity contribution in [3.8, 4) is 0 Å². The Kier molecular flexibility index (Phi) is 20.2. The maximum atomic E-state index is 4.10. The minimum Gasteiger partial charge on any atom is -0.226 e. The third kappa shape index (κ3) is 18.2. The molecule has 0 fully saturated rings. The first kappa shape index (κ1) is 19.0. The zero-order valence-electron chi connectivity index (χ0n) is 11.6. The summed E-state index contributed by atoms with van der Waals surface area (Å²) in [5, 5.41) is 0. The Hall–Kier alpha value is -0.330. The SMILES string of the molecule is CCCCCCCCCCCN=C=NCC.Cl. The summed E-state index contributed by atoms with van der Waals surface area (Å²) in [6, 6.07) is 2.71. The lowest BCUT2D eigenvalue weighted by molar-refractivity contribution is 0.567. The largest absolute Gasteiger partial charge is 0.226 e. The van der Waals surface area contributed by atoms with Gasteiger partial charge in [0.05, 0.1) is 6.01 Å². The van der Waals surface area contributed by atoms with Gasteiger partial charge in [0.15, 0.2) is 0 Å². The van der Waals surface area contributed by atoms with Crippen LogP contribution in [0.1, 0.15) is 71.6 Å². The van der Waals surface area contributed by atoms with E-state index in [1.807, 2.05) is 6.92 Å². The van der Waals surface area contributed by atoms with Gasteiger partial charge in [0, 0.05) is 13.1 Å². The molecule has 0 rings (SSSR count). The molecule has 0 heterocycles. The van der Waals surface area contributed by atoms with Crippen molar-refractivity contribution >= 4 is 18.4 Å². The fraction of sp³-hybridized carbons (Fsp3) is 0.929. The third-order valence-electron chi connectivity index (χ3n) is 2.67. The number of halogens is 1. The standard InChI is InChI=1S/C14H28N2.ClH/c1-3-5-6-7-8-9-10-11-12-13-16-14-15-4-2;/h3-13H2,1-2H3;1H. The molecule has 0 spiro atoms. The second-order valence-corrected chi connectivity index (χ2v) is 4.28. The second-order valence-electron chi connectivity index (χ2n) is 4.28. The van der Waals surface area contributed by atoms with Crippen LogP contribution in [0.4, 0.5) is 0 Å². The fourth-order valence-corrected chi connectivity index (χ4v) is 1.67. The molecule has 3 heteroatoms. The average Bonchev–Trinajstić information content (AvgIpc) is 2.31. The van der Waals surface area contributed by atoms with Crippen molar-refractivity contribution in [1.82, 2.24) is 0 Å². The van der Waals surface area contributed by atoms with E-state index in [4.69, 9.17) is 0 Å². The van der Waals surface area contributed by atoms with Crippen molar-refractivity contribution in [2.45, 2.75) is 71.6 Å². The zero-order valence-corrected chi connectivity index (χ0v) is 12.4. The van der Waals surface area contributed by atoms with Crippen molar-refractivity contribution in [1.29, 1.82) is 0 Å². The first-order valence-corrected chi connectivity index (χ1v) is 6.99. The lowest BCUT2D eigenvalue weighted by Gasteiger charge is -2.00. The van der Waals surface area contributed by atoms with E-state index >= 15 is 0 Å². The van der Waals surface area contributed by atoms with E-state index in [1.165, 1.54) is 57.8 Å². The third-order valence-corrected chi connectivity index (χ3v) is 2.67. The molecule has 102 valence electrons. The van der Waals surface area contributed by atoms with Crippen LogP contribution in [0.15, 0.2) is 9.98 Å². The Bertz CT molecular complexity index is 187. The normalized spacial score (nSPS) is 9.29. The topological polar surface area (TPSA) is 24.7 Å². The summed E-state index contributed by atoms with van der Waals surface area (Å²) in [4.78, 5) is 8.03. The van der Waals surface area contributed by atoms with E-state index in [1.54, 1.807) is 0 Å². The molecule has 0 aliphatic rings. The summed E-state index contributed by atoms with van der Waals surface area (Å²) < 4.78 is 0. The van der Waals surface area contributed by atoms with Gasteiger partial charge >= 0.3 is 0 Å². The minimum absolute atomic E-state index is 0. The maximum absolute atomic E-state index is 4.10. The Morgan fingerprint density at radius 1 is 0.706 bits per heavy atom. The summed E-state index contributed by atoms with van der Waals surface area (Å²) in [7, 11) is 0. The van der Waals surface area contributed by atoms with Crippen LogP contribution < -0.4 is 0 Å². The van der Waals surface area contributed by atoms with E-state index in [9.17, 15) is 0 Å². The highest BCUT2D eigenvalue weighted by atomic mass is 35.5. The van der Waals surface area contributed by atoms with E-state index < -0.39 is 0 Å². The number of unbranched alkanes of at least 4 members (excludes halogenated alkanes) is 8. The van der Waals surface area contributed by atoms with Crippen LogP contribution in [0, 0.1) is 0 Å². The van der Waals surface area contributed by atoms with Crippen LogP contribution in [0.2, 0.25) is 0 Å². The molecule has 0 radical (unpaired) electrons. The smallest absolute Gasteiger partial charge is 0.0892 e. The van der Waals surface area contributed by atoms with Gasteiger partial charge in [0.25, 0.3) is 0 Å². The maximum Gasteiger partial charge on any atom is 0.0892 e. The summed E-state index contributed by atoms with van der Waals surface area (Å²) in [6.45, 7) is 5.96. The monoisotopic (exact) mass is 260 g/mol. The molecular formula is C14H29ClN2. The molecule has 0 aliphatic carbocycles. The van der Waals surface area contributed by atoms with E-state index in [2.05, 4.69) is 22.9 Å². The highest BCUT2D eigenvalue weighted by Gasteiger charge is 1.91. The van der Waals surface area contributed by atoms with Gasteiger partial charge in [-0.2, -0.15) is 0 Å². The van der Waals surface area contributed by atoms with Crippen LogP contribution in [-0.2, 0) is 0 Å². The highest BCUT2D eigenvalue weighted by Crippen LogP contribution is 2.09. The number of rotatable bonds is 11. The number of aliphatic imine (C=N–C) groups is 2. The Balaban J connectivity index is 0. The van der Waals surface area contributed by atoms with Crippen LogP contribution >= 0.6 is 12.4 Å². The lowest BCUT2D eigenvalue weighted by Crippen LogP contribution is -1.83. The minimum atomic E-state index is 0. The predicted octanol–water partition coefficient (Wildman–Crippen LogP) is 5.13. The molecule has 0 aliphatic heterocycles. The van der Waals surface area contributed by atoms with Crippen molar-refractivity contribution in [2.75, 3.05) is 13.1 Å². The van der Waals surface area contributed by atoms with Crippen LogP contribution in [0.3, 0.4) is 0 Å². The Labute approximate surface area is 113 Å². The molecule has 0 unspecified atom stereocenters.